The van der Waals surface area contributed by atoms with Crippen molar-refractivity contribution in [3.63, 3.8) is 0 Å². The van der Waals surface area contributed by atoms with Gasteiger partial charge in [-0.3, -0.25) is 0 Å². The Hall–Kier alpha value is 0.137. The third kappa shape index (κ3) is 2.08. The van der Waals surface area contributed by atoms with Crippen LogP contribution in [-0.2, 0) is 0 Å². The average Bonchev–Trinajstić information content (AvgIpc) is 1.86. The molecular weight excluding hydrogens is 128 g/mol. The van der Waals surface area contributed by atoms with Crippen LogP contribution in [-0.4, -0.2) is 22.5 Å². The molecule has 0 fully saturated rings. The van der Waals surface area contributed by atoms with Gasteiger partial charge in [0.05, 0.1) is 0 Å². The molecule has 0 saturated carbocycles. The standard InChI is InChI=1S/C6H18N2Si/c1-6(2)9(5,7-3)8-4/h6-8H,1-5H3. The Morgan fingerprint density at radius 1 is 1.11 bits per heavy atom. The van der Waals surface area contributed by atoms with Crippen LogP contribution in [0.5, 0.6) is 0 Å². The van der Waals surface area contributed by atoms with Gasteiger partial charge in [-0.2, -0.15) is 0 Å². The van der Waals surface area contributed by atoms with Crippen LogP contribution < -0.4 is 9.96 Å². The summed E-state index contributed by atoms with van der Waals surface area (Å²) in [6.07, 6.45) is 0. The third-order valence-electron chi connectivity index (χ3n) is 2.19. The maximum Gasteiger partial charge on any atom is 0.200 e. The molecule has 0 bridgehead atoms. The van der Waals surface area contributed by atoms with Crippen molar-refractivity contribution in [1.29, 1.82) is 0 Å². The van der Waals surface area contributed by atoms with E-state index in [0.29, 0.717) is 0 Å². The Balaban J connectivity index is 3.92. The van der Waals surface area contributed by atoms with Crippen molar-refractivity contribution < 1.29 is 0 Å². The lowest BCUT2D eigenvalue weighted by Gasteiger charge is -2.29. The highest BCUT2D eigenvalue weighted by molar-refractivity contribution is 6.74. The molecule has 9 heavy (non-hydrogen) atoms. The quantitative estimate of drug-likeness (QED) is 0.578. The Morgan fingerprint density at radius 2 is 1.44 bits per heavy atom. The molecule has 0 aliphatic carbocycles. The minimum atomic E-state index is -1.27. The van der Waals surface area contributed by atoms with Crippen LogP contribution in [0.4, 0.5) is 0 Å². The molecule has 0 rings (SSSR count). The summed E-state index contributed by atoms with van der Waals surface area (Å²) in [5, 5.41) is 0. The first-order valence-electron chi connectivity index (χ1n) is 3.44. The van der Waals surface area contributed by atoms with Crippen molar-refractivity contribution >= 4 is 8.40 Å². The summed E-state index contributed by atoms with van der Waals surface area (Å²) in [7, 11) is 2.79. The van der Waals surface area contributed by atoms with Gasteiger partial charge in [-0.25, -0.2) is 0 Å². The highest BCUT2D eigenvalue weighted by atomic mass is 28.3. The largest absolute Gasteiger partial charge is 0.328 e. The second-order valence-electron chi connectivity index (χ2n) is 2.86. The average molecular weight is 146 g/mol. The molecule has 0 aromatic rings. The van der Waals surface area contributed by atoms with E-state index in [4.69, 9.17) is 0 Å². The van der Waals surface area contributed by atoms with Crippen LogP contribution in [0.1, 0.15) is 13.8 Å². The van der Waals surface area contributed by atoms with Crippen LogP contribution in [0.15, 0.2) is 0 Å². The number of hydrogen-bond acceptors (Lipinski definition) is 2. The summed E-state index contributed by atoms with van der Waals surface area (Å²) in [6.45, 7) is 6.79. The molecule has 0 radical (unpaired) electrons. The molecular formula is C6H18N2Si. The molecule has 56 valence electrons. The zero-order valence-electron chi connectivity index (χ0n) is 7.08. The molecule has 0 amide bonds. The highest BCUT2D eigenvalue weighted by Gasteiger charge is 2.27. The number of nitrogens with one attached hydrogen (secondary N) is 2. The van der Waals surface area contributed by atoms with Crippen molar-refractivity contribution in [2.45, 2.75) is 25.9 Å². The summed E-state index contributed by atoms with van der Waals surface area (Å²) in [6, 6.07) is 0. The van der Waals surface area contributed by atoms with E-state index in [1.54, 1.807) is 0 Å². The molecule has 0 aliphatic rings. The summed E-state index contributed by atoms with van der Waals surface area (Å²) in [5.74, 6) is 0. The van der Waals surface area contributed by atoms with E-state index in [2.05, 4.69) is 30.4 Å². The van der Waals surface area contributed by atoms with Crippen molar-refractivity contribution in [1.82, 2.24) is 9.96 Å². The predicted octanol–water partition coefficient (Wildman–Crippen LogP) is 0.907. The van der Waals surface area contributed by atoms with Gasteiger partial charge < -0.3 is 9.96 Å². The molecule has 0 aromatic heterocycles. The zero-order chi connectivity index (χ0) is 7.49. The van der Waals surface area contributed by atoms with Gasteiger partial charge in [0.15, 0.2) is 8.40 Å². The Kier molecular flexibility index (Phi) is 3.39. The lowest BCUT2D eigenvalue weighted by Crippen LogP contribution is -2.59. The van der Waals surface area contributed by atoms with Crippen molar-refractivity contribution in [3.05, 3.63) is 0 Å². The van der Waals surface area contributed by atoms with E-state index in [0.717, 1.165) is 5.54 Å². The van der Waals surface area contributed by atoms with Gasteiger partial charge >= 0.3 is 0 Å². The topological polar surface area (TPSA) is 24.1 Å². The van der Waals surface area contributed by atoms with Gasteiger partial charge in [0.25, 0.3) is 0 Å². The smallest absolute Gasteiger partial charge is 0.200 e. The zero-order valence-corrected chi connectivity index (χ0v) is 8.08. The van der Waals surface area contributed by atoms with Crippen LogP contribution in [0.25, 0.3) is 0 Å². The molecule has 3 heteroatoms. The van der Waals surface area contributed by atoms with Gasteiger partial charge in [-0.05, 0) is 26.2 Å². The maximum absolute atomic E-state index is 3.36. The molecule has 0 aliphatic heterocycles. The molecule has 0 unspecified atom stereocenters. The second-order valence-corrected chi connectivity index (χ2v) is 7.42. The molecule has 0 heterocycles. The predicted molar refractivity (Wildman–Crippen MR) is 44.8 cm³/mol. The fourth-order valence-electron chi connectivity index (χ4n) is 0.702. The maximum atomic E-state index is 3.36. The van der Waals surface area contributed by atoms with Gasteiger partial charge in [-0.15, -0.1) is 0 Å². The van der Waals surface area contributed by atoms with Crippen molar-refractivity contribution in [2.75, 3.05) is 14.1 Å². The van der Waals surface area contributed by atoms with Gasteiger partial charge in [0.2, 0.25) is 0 Å². The molecule has 0 spiro atoms. The SMILES string of the molecule is CN[Si](C)(NC)C(C)C. The Labute approximate surface area is 59.2 Å². The van der Waals surface area contributed by atoms with Gasteiger partial charge in [-0.1, -0.05) is 13.8 Å². The monoisotopic (exact) mass is 146 g/mol. The molecule has 2 N–H and O–H groups in total. The fraction of sp³-hybridized carbons (Fsp3) is 1.00. The summed E-state index contributed by atoms with van der Waals surface area (Å²) >= 11 is 0. The fourth-order valence-corrected chi connectivity index (χ4v) is 2.11. The van der Waals surface area contributed by atoms with Crippen LogP contribution in [0.2, 0.25) is 12.1 Å². The molecule has 0 aromatic carbocycles. The van der Waals surface area contributed by atoms with Crippen molar-refractivity contribution in [2.24, 2.45) is 0 Å². The minimum Gasteiger partial charge on any atom is -0.328 e. The van der Waals surface area contributed by atoms with E-state index < -0.39 is 8.40 Å². The summed E-state index contributed by atoms with van der Waals surface area (Å²) in [5.41, 5.74) is 0.743. The summed E-state index contributed by atoms with van der Waals surface area (Å²) in [4.78, 5) is 6.71. The normalized spacial score (nSPS) is 12.7. The van der Waals surface area contributed by atoms with Crippen LogP contribution in [0.3, 0.4) is 0 Å². The molecule has 0 atom stereocenters. The number of rotatable bonds is 3. The van der Waals surface area contributed by atoms with Gasteiger partial charge in [0.1, 0.15) is 0 Å². The highest BCUT2D eigenvalue weighted by Crippen LogP contribution is 2.12. The van der Waals surface area contributed by atoms with E-state index in [-0.39, 0.29) is 0 Å². The van der Waals surface area contributed by atoms with E-state index >= 15 is 0 Å². The van der Waals surface area contributed by atoms with E-state index in [1.165, 1.54) is 0 Å². The lowest BCUT2D eigenvalue weighted by atomic mass is 10.6. The van der Waals surface area contributed by atoms with E-state index in [9.17, 15) is 0 Å². The molecule has 2 nitrogen and oxygen atoms in total. The second kappa shape index (κ2) is 3.34. The van der Waals surface area contributed by atoms with Crippen LogP contribution in [0, 0.1) is 0 Å². The molecule has 0 saturated heterocycles. The first-order valence-corrected chi connectivity index (χ1v) is 6.02. The first-order chi connectivity index (χ1) is 4.06. The minimum absolute atomic E-state index is 0.743. The van der Waals surface area contributed by atoms with E-state index in [1.807, 2.05) is 14.1 Å². The lowest BCUT2D eigenvalue weighted by molar-refractivity contribution is 0.878. The van der Waals surface area contributed by atoms with Gasteiger partial charge in [0, 0.05) is 0 Å². The first kappa shape index (κ1) is 9.14. The third-order valence-corrected chi connectivity index (χ3v) is 6.58. The Bertz CT molecular complexity index is 79.1. The van der Waals surface area contributed by atoms with Crippen LogP contribution >= 0.6 is 0 Å². The summed E-state index contributed by atoms with van der Waals surface area (Å²) < 4.78 is 0. The Morgan fingerprint density at radius 3 is 1.44 bits per heavy atom. The van der Waals surface area contributed by atoms with Crippen molar-refractivity contribution in [3.8, 4) is 0 Å². The number of hydrogen-bond donors (Lipinski definition) is 2.